The molecule has 1 fully saturated rings. The quantitative estimate of drug-likeness (QED) is 0.709. The zero-order valence-electron chi connectivity index (χ0n) is 9.53. The summed E-state index contributed by atoms with van der Waals surface area (Å²) in [5.41, 5.74) is 0. The zero-order chi connectivity index (χ0) is 10.9. The van der Waals surface area contributed by atoms with Gasteiger partial charge < -0.3 is 0 Å². The van der Waals surface area contributed by atoms with Crippen LogP contribution in [0.5, 0.6) is 0 Å². The summed E-state index contributed by atoms with van der Waals surface area (Å²) in [7, 11) is -3.01. The number of piperidine rings is 1. The van der Waals surface area contributed by atoms with Crippen molar-refractivity contribution in [3.63, 3.8) is 0 Å². The van der Waals surface area contributed by atoms with Crippen LogP contribution in [0.15, 0.2) is 0 Å². The molecular weight excluding hydrogens is 198 g/mol. The smallest absolute Gasteiger partial charge is 0.211 e. The van der Waals surface area contributed by atoms with Gasteiger partial charge in [0.05, 0.1) is 6.26 Å². The van der Waals surface area contributed by atoms with Gasteiger partial charge in [-0.3, -0.25) is 0 Å². The lowest BCUT2D eigenvalue weighted by molar-refractivity contribution is 0.173. The largest absolute Gasteiger partial charge is 0.212 e. The van der Waals surface area contributed by atoms with E-state index in [1.165, 1.54) is 6.26 Å². The van der Waals surface area contributed by atoms with Gasteiger partial charge in [0.25, 0.3) is 0 Å². The molecule has 84 valence electrons. The molecule has 0 spiro atoms. The molecule has 0 aromatic rings. The standard InChI is InChI=1S/C10H21NO2S/c1-8(2)10-6-5-9(3)11(7-10)14(4,12)13/h8-10H,5-7H2,1-4H3. The maximum atomic E-state index is 11.5. The molecule has 1 aliphatic heterocycles. The monoisotopic (exact) mass is 219 g/mol. The fourth-order valence-electron chi connectivity index (χ4n) is 2.11. The zero-order valence-corrected chi connectivity index (χ0v) is 10.3. The van der Waals surface area contributed by atoms with E-state index in [4.69, 9.17) is 0 Å². The fourth-order valence-corrected chi connectivity index (χ4v) is 3.33. The van der Waals surface area contributed by atoms with Crippen molar-refractivity contribution in [2.45, 2.75) is 39.7 Å². The first-order valence-electron chi connectivity index (χ1n) is 5.29. The average Bonchev–Trinajstić information content (AvgIpc) is 2.02. The molecule has 14 heavy (non-hydrogen) atoms. The summed E-state index contributed by atoms with van der Waals surface area (Å²) < 4.78 is 24.6. The SMILES string of the molecule is CC(C)C1CCC(C)N(S(C)(=O)=O)C1. The Morgan fingerprint density at radius 1 is 1.29 bits per heavy atom. The Bertz CT molecular complexity index is 284. The molecule has 0 radical (unpaired) electrons. The molecule has 0 amide bonds. The van der Waals surface area contributed by atoms with E-state index in [1.807, 2.05) is 6.92 Å². The molecule has 4 heteroatoms. The van der Waals surface area contributed by atoms with E-state index >= 15 is 0 Å². The van der Waals surface area contributed by atoms with Crippen LogP contribution < -0.4 is 0 Å². The van der Waals surface area contributed by atoms with Crippen LogP contribution in [0.25, 0.3) is 0 Å². The second-order valence-electron chi connectivity index (χ2n) is 4.76. The molecular formula is C10H21NO2S. The predicted molar refractivity (Wildman–Crippen MR) is 58.6 cm³/mol. The summed E-state index contributed by atoms with van der Waals surface area (Å²) in [4.78, 5) is 0. The van der Waals surface area contributed by atoms with E-state index in [9.17, 15) is 8.42 Å². The molecule has 3 nitrogen and oxygen atoms in total. The molecule has 1 rings (SSSR count). The van der Waals surface area contributed by atoms with Crippen LogP contribution in [0, 0.1) is 11.8 Å². The fraction of sp³-hybridized carbons (Fsp3) is 1.00. The highest BCUT2D eigenvalue weighted by Crippen LogP contribution is 2.28. The van der Waals surface area contributed by atoms with E-state index in [2.05, 4.69) is 13.8 Å². The predicted octanol–water partition coefficient (Wildman–Crippen LogP) is 1.70. The van der Waals surface area contributed by atoms with E-state index in [1.54, 1.807) is 4.31 Å². The first-order chi connectivity index (χ1) is 6.32. The Morgan fingerprint density at radius 2 is 1.86 bits per heavy atom. The highest BCUT2D eigenvalue weighted by Gasteiger charge is 2.32. The molecule has 1 aliphatic rings. The molecule has 2 unspecified atom stereocenters. The van der Waals surface area contributed by atoms with Crippen molar-refractivity contribution < 1.29 is 8.42 Å². The van der Waals surface area contributed by atoms with Gasteiger partial charge in [0.2, 0.25) is 10.0 Å². The molecule has 0 N–H and O–H groups in total. The first kappa shape index (κ1) is 12.0. The van der Waals surface area contributed by atoms with Crippen LogP contribution in [-0.2, 0) is 10.0 Å². The molecule has 1 saturated heterocycles. The van der Waals surface area contributed by atoms with Crippen LogP contribution in [0.2, 0.25) is 0 Å². The third-order valence-electron chi connectivity index (χ3n) is 3.23. The molecule has 0 aromatic carbocycles. The summed E-state index contributed by atoms with van der Waals surface area (Å²) in [5, 5.41) is 0. The van der Waals surface area contributed by atoms with Crippen molar-refractivity contribution in [2.24, 2.45) is 11.8 Å². The van der Waals surface area contributed by atoms with Gasteiger partial charge in [-0.25, -0.2) is 8.42 Å². The van der Waals surface area contributed by atoms with Crippen molar-refractivity contribution in [1.29, 1.82) is 0 Å². The second kappa shape index (κ2) is 4.19. The van der Waals surface area contributed by atoms with Crippen molar-refractivity contribution in [3.05, 3.63) is 0 Å². The number of hydrogen-bond acceptors (Lipinski definition) is 2. The van der Waals surface area contributed by atoms with E-state index in [0.29, 0.717) is 18.4 Å². The summed E-state index contributed by atoms with van der Waals surface area (Å²) in [6.07, 6.45) is 3.47. The minimum absolute atomic E-state index is 0.181. The minimum Gasteiger partial charge on any atom is -0.212 e. The highest BCUT2D eigenvalue weighted by molar-refractivity contribution is 7.88. The lowest BCUT2D eigenvalue weighted by Gasteiger charge is -2.37. The maximum Gasteiger partial charge on any atom is 0.211 e. The van der Waals surface area contributed by atoms with E-state index < -0.39 is 10.0 Å². The first-order valence-corrected chi connectivity index (χ1v) is 7.14. The van der Waals surface area contributed by atoms with Gasteiger partial charge >= 0.3 is 0 Å². The average molecular weight is 219 g/mol. The van der Waals surface area contributed by atoms with Crippen molar-refractivity contribution in [2.75, 3.05) is 12.8 Å². The van der Waals surface area contributed by atoms with Crippen LogP contribution in [0.3, 0.4) is 0 Å². The van der Waals surface area contributed by atoms with Gasteiger partial charge in [0.1, 0.15) is 0 Å². The van der Waals surface area contributed by atoms with Crippen LogP contribution in [0.4, 0.5) is 0 Å². The third-order valence-corrected chi connectivity index (χ3v) is 4.59. The van der Waals surface area contributed by atoms with E-state index in [0.717, 1.165) is 12.8 Å². The Kier molecular flexibility index (Phi) is 3.58. The second-order valence-corrected chi connectivity index (χ2v) is 6.70. The molecule has 0 aromatic heterocycles. The van der Waals surface area contributed by atoms with Crippen LogP contribution in [-0.4, -0.2) is 31.6 Å². The number of hydrogen-bond donors (Lipinski definition) is 0. The normalized spacial score (nSPS) is 30.9. The summed E-state index contributed by atoms with van der Waals surface area (Å²) in [6.45, 7) is 7.04. The topological polar surface area (TPSA) is 37.4 Å². The summed E-state index contributed by atoms with van der Waals surface area (Å²) in [6, 6.07) is 0.181. The van der Waals surface area contributed by atoms with Crippen molar-refractivity contribution >= 4 is 10.0 Å². The molecule has 2 atom stereocenters. The maximum absolute atomic E-state index is 11.5. The van der Waals surface area contributed by atoms with Gasteiger partial charge in [0, 0.05) is 12.6 Å². The van der Waals surface area contributed by atoms with Gasteiger partial charge in [-0.05, 0) is 31.6 Å². The molecule has 0 aliphatic carbocycles. The molecule has 0 saturated carbocycles. The summed E-state index contributed by atoms with van der Waals surface area (Å²) in [5.74, 6) is 1.10. The van der Waals surface area contributed by atoms with Crippen LogP contribution in [0.1, 0.15) is 33.6 Å². The van der Waals surface area contributed by atoms with Gasteiger partial charge in [-0.15, -0.1) is 0 Å². The molecule has 0 bridgehead atoms. The lowest BCUT2D eigenvalue weighted by atomic mass is 9.87. The lowest BCUT2D eigenvalue weighted by Crippen LogP contribution is -2.46. The summed E-state index contributed by atoms with van der Waals surface area (Å²) >= 11 is 0. The van der Waals surface area contributed by atoms with Crippen LogP contribution >= 0.6 is 0 Å². The van der Waals surface area contributed by atoms with E-state index in [-0.39, 0.29) is 6.04 Å². The molecule has 1 heterocycles. The minimum atomic E-state index is -3.01. The van der Waals surface area contributed by atoms with Gasteiger partial charge in [-0.1, -0.05) is 13.8 Å². The number of rotatable bonds is 2. The number of sulfonamides is 1. The van der Waals surface area contributed by atoms with Gasteiger partial charge in [0.15, 0.2) is 0 Å². The van der Waals surface area contributed by atoms with Crippen molar-refractivity contribution in [3.8, 4) is 0 Å². The van der Waals surface area contributed by atoms with Crippen molar-refractivity contribution in [1.82, 2.24) is 4.31 Å². The Hall–Kier alpha value is -0.0900. The Labute approximate surface area is 87.5 Å². The highest BCUT2D eigenvalue weighted by atomic mass is 32.2. The Balaban J connectivity index is 2.75. The third kappa shape index (κ3) is 2.70. The Morgan fingerprint density at radius 3 is 2.29 bits per heavy atom. The van der Waals surface area contributed by atoms with Gasteiger partial charge in [-0.2, -0.15) is 4.31 Å². The number of nitrogens with zero attached hydrogens (tertiary/aromatic N) is 1.